The summed E-state index contributed by atoms with van der Waals surface area (Å²) in [6.45, 7) is 17.9. The number of hydrogen-bond donors (Lipinski definition) is 0. The summed E-state index contributed by atoms with van der Waals surface area (Å²) in [5.74, 6) is -2.27. The second-order valence-corrected chi connectivity index (χ2v) is 14.3. The maximum Gasteiger partial charge on any atom is 0.184 e. The summed E-state index contributed by atoms with van der Waals surface area (Å²) >= 11 is 0. The molecule has 1 aromatic carbocycles. The van der Waals surface area contributed by atoms with Gasteiger partial charge in [0.2, 0.25) is 0 Å². The Kier molecular flexibility index (Phi) is 8.45. The first-order valence-corrected chi connectivity index (χ1v) is 15.4. The molecule has 4 heteroatoms. The largest absolute Gasteiger partial charge is 0.297 e. The van der Waals surface area contributed by atoms with E-state index in [4.69, 9.17) is 0 Å². The molecule has 0 heterocycles. The van der Waals surface area contributed by atoms with Gasteiger partial charge in [0, 0.05) is 11.5 Å². The summed E-state index contributed by atoms with van der Waals surface area (Å²) in [5.41, 5.74) is -1.02. The van der Waals surface area contributed by atoms with Gasteiger partial charge in [0.25, 0.3) is 0 Å². The molecule has 0 aromatic heterocycles. The van der Waals surface area contributed by atoms with Crippen LogP contribution in [0.2, 0.25) is 0 Å². The van der Waals surface area contributed by atoms with Crippen LogP contribution >= 0.6 is 0 Å². The number of rotatable bonds is 10. The van der Waals surface area contributed by atoms with Crippen molar-refractivity contribution in [2.45, 2.75) is 94.4 Å². The number of carbonyl (C=O) groups is 4. The zero-order valence-corrected chi connectivity index (χ0v) is 27.0. The van der Waals surface area contributed by atoms with Crippen LogP contribution in [0.3, 0.4) is 0 Å². The molecular formula is C38H48O4. The molecule has 0 saturated heterocycles. The minimum Gasteiger partial charge on any atom is -0.297 e. The van der Waals surface area contributed by atoms with Crippen LogP contribution in [-0.2, 0) is 14.4 Å². The predicted octanol–water partition coefficient (Wildman–Crippen LogP) is 8.63. The standard InChI is InChI=1S/C38H48O4/c1-24(2)14-13-15-27(7)19-20-36-23-30-29(22-26(5)6)37(32(36)40,21-18-25(3)4)34(42)38(33(36)41,35(30,8)9)31(39)28-16-11-10-12-17-28/h10-12,14,16-19,22,29-30H,13,15,20-21,23H2,1-9H3/t29-,30+,36-,37+,38-/m1/s1. The molecule has 4 fully saturated rings. The third kappa shape index (κ3) is 4.48. The fourth-order valence-electron chi connectivity index (χ4n) is 8.25. The molecule has 5 rings (SSSR count). The summed E-state index contributed by atoms with van der Waals surface area (Å²) in [5, 5.41) is 0. The van der Waals surface area contributed by atoms with Crippen molar-refractivity contribution in [2.75, 3.05) is 0 Å². The lowest BCUT2D eigenvalue weighted by atomic mass is 9.27. The molecule has 0 N–H and O–H groups in total. The molecular weight excluding hydrogens is 520 g/mol. The summed E-state index contributed by atoms with van der Waals surface area (Å²) < 4.78 is 0. The Hall–Kier alpha value is -3.14. The van der Waals surface area contributed by atoms with Crippen molar-refractivity contribution in [1.82, 2.24) is 0 Å². The van der Waals surface area contributed by atoms with Gasteiger partial charge in [0.05, 0.1) is 10.8 Å². The molecule has 0 amide bonds. The second-order valence-electron chi connectivity index (χ2n) is 14.3. The fraction of sp³-hybridized carbons (Fsp3) is 0.526. The lowest BCUT2D eigenvalue weighted by Crippen LogP contribution is -2.83. The molecule has 42 heavy (non-hydrogen) atoms. The Balaban J connectivity index is 2.01. The second kappa shape index (κ2) is 11.2. The molecule has 1 aromatic rings. The first-order valence-electron chi connectivity index (χ1n) is 15.4. The quantitative estimate of drug-likeness (QED) is 0.161. The van der Waals surface area contributed by atoms with E-state index in [1.807, 2.05) is 66.7 Å². The van der Waals surface area contributed by atoms with E-state index in [2.05, 4.69) is 26.0 Å². The minimum atomic E-state index is -1.92. The SMILES string of the molecule is CC(C)=CCCC(C)=CC[C@@]12C[C@H]3[C@@H](C=C(C)C)[C@@](CC=C(C)C)(C1=O)C(=O)[C@@](C(=O)c1ccccc1)(C2=O)C3(C)C. The van der Waals surface area contributed by atoms with Crippen LogP contribution in [0.15, 0.2) is 76.9 Å². The predicted molar refractivity (Wildman–Crippen MR) is 169 cm³/mol. The van der Waals surface area contributed by atoms with E-state index < -0.39 is 39.0 Å². The Labute approximate surface area is 252 Å². The molecule has 0 unspecified atom stereocenters. The van der Waals surface area contributed by atoms with Crippen LogP contribution in [0, 0.1) is 33.5 Å². The van der Waals surface area contributed by atoms with Gasteiger partial charge in [-0.25, -0.2) is 0 Å². The highest BCUT2D eigenvalue weighted by Gasteiger charge is 2.86. The van der Waals surface area contributed by atoms with Crippen molar-refractivity contribution in [3.8, 4) is 0 Å². The number of benzene rings is 1. The van der Waals surface area contributed by atoms with Crippen molar-refractivity contribution in [3.63, 3.8) is 0 Å². The van der Waals surface area contributed by atoms with Gasteiger partial charge < -0.3 is 0 Å². The lowest BCUT2D eigenvalue weighted by Gasteiger charge is -2.70. The molecule has 224 valence electrons. The number of Topliss-reactive ketones (excluding diaryl/α,β-unsaturated/α-hetero) is 4. The summed E-state index contributed by atoms with van der Waals surface area (Å²) in [6.07, 6.45) is 10.8. The summed E-state index contributed by atoms with van der Waals surface area (Å²) in [7, 11) is 0. The van der Waals surface area contributed by atoms with Gasteiger partial charge in [0.1, 0.15) is 0 Å². The van der Waals surface area contributed by atoms with Crippen LogP contribution in [0.5, 0.6) is 0 Å². The maximum atomic E-state index is 15.2. The van der Waals surface area contributed by atoms with Gasteiger partial charge in [-0.05, 0) is 91.9 Å². The van der Waals surface area contributed by atoms with E-state index >= 15 is 14.4 Å². The fourth-order valence-corrected chi connectivity index (χ4v) is 8.25. The normalized spacial score (nSPS) is 31.2. The third-order valence-electron chi connectivity index (χ3n) is 10.4. The number of hydrogen-bond acceptors (Lipinski definition) is 4. The zero-order valence-electron chi connectivity index (χ0n) is 27.0. The highest BCUT2D eigenvalue weighted by atomic mass is 16.2. The molecule has 0 aliphatic heterocycles. The maximum absolute atomic E-state index is 15.2. The van der Waals surface area contributed by atoms with Crippen molar-refractivity contribution in [3.05, 3.63) is 82.5 Å². The third-order valence-corrected chi connectivity index (χ3v) is 10.4. The highest BCUT2D eigenvalue weighted by molar-refractivity contribution is 6.42. The van der Waals surface area contributed by atoms with E-state index in [1.54, 1.807) is 24.3 Å². The van der Waals surface area contributed by atoms with Crippen LogP contribution in [0.1, 0.15) is 105 Å². The first kappa shape index (κ1) is 31.8. The Morgan fingerprint density at radius 1 is 0.786 bits per heavy atom. The zero-order chi connectivity index (χ0) is 31.3. The van der Waals surface area contributed by atoms with Crippen molar-refractivity contribution >= 4 is 23.1 Å². The van der Waals surface area contributed by atoms with Crippen LogP contribution in [0.25, 0.3) is 0 Å². The van der Waals surface area contributed by atoms with E-state index in [1.165, 1.54) is 5.57 Å². The number of allylic oxidation sites excluding steroid dienone is 8. The highest BCUT2D eigenvalue weighted by Crippen LogP contribution is 2.75. The minimum absolute atomic E-state index is 0.196. The van der Waals surface area contributed by atoms with E-state index in [0.29, 0.717) is 12.0 Å². The topological polar surface area (TPSA) is 68.3 Å². The Bertz CT molecular complexity index is 1420. The average Bonchev–Trinajstić information content (AvgIpc) is 2.91. The van der Waals surface area contributed by atoms with Gasteiger partial charge in [-0.3, -0.25) is 19.2 Å². The van der Waals surface area contributed by atoms with E-state index in [9.17, 15) is 4.79 Å². The van der Waals surface area contributed by atoms with Gasteiger partial charge in [-0.15, -0.1) is 0 Å². The molecule has 4 aliphatic carbocycles. The van der Waals surface area contributed by atoms with E-state index in [0.717, 1.165) is 29.6 Å². The van der Waals surface area contributed by atoms with Crippen molar-refractivity contribution < 1.29 is 19.2 Å². The van der Waals surface area contributed by atoms with Gasteiger partial charge in [-0.2, -0.15) is 0 Å². The molecule has 4 saturated carbocycles. The van der Waals surface area contributed by atoms with Crippen molar-refractivity contribution in [2.24, 2.45) is 33.5 Å². The van der Waals surface area contributed by atoms with Gasteiger partial charge in [-0.1, -0.05) is 90.8 Å². The number of carbonyl (C=O) groups excluding carboxylic acids is 4. The van der Waals surface area contributed by atoms with Crippen LogP contribution in [0.4, 0.5) is 0 Å². The Morgan fingerprint density at radius 2 is 1.40 bits per heavy atom. The van der Waals surface area contributed by atoms with Gasteiger partial charge in [0.15, 0.2) is 28.5 Å². The monoisotopic (exact) mass is 568 g/mol. The van der Waals surface area contributed by atoms with Crippen LogP contribution < -0.4 is 0 Å². The molecule has 0 radical (unpaired) electrons. The Morgan fingerprint density at radius 3 is 1.98 bits per heavy atom. The lowest BCUT2D eigenvalue weighted by molar-refractivity contribution is -0.209. The van der Waals surface area contributed by atoms with Crippen molar-refractivity contribution in [1.29, 1.82) is 0 Å². The molecule has 4 nitrogen and oxygen atoms in total. The van der Waals surface area contributed by atoms with Crippen LogP contribution in [-0.4, -0.2) is 23.1 Å². The molecule has 5 atom stereocenters. The first-order chi connectivity index (χ1) is 19.6. The number of ketones is 4. The van der Waals surface area contributed by atoms with E-state index in [-0.39, 0.29) is 30.5 Å². The summed E-state index contributed by atoms with van der Waals surface area (Å²) in [4.78, 5) is 60.0. The molecule has 0 spiro atoms. The molecule has 4 bridgehead atoms. The summed E-state index contributed by atoms with van der Waals surface area (Å²) in [6, 6.07) is 8.73. The average molecular weight is 569 g/mol. The molecule has 4 aliphatic rings. The smallest absolute Gasteiger partial charge is 0.184 e. The van der Waals surface area contributed by atoms with Gasteiger partial charge >= 0.3 is 0 Å².